The Labute approximate surface area is 53.3 Å². The molecule has 3 radical (unpaired) electrons. The van der Waals surface area contributed by atoms with Gasteiger partial charge in [-0.3, -0.25) is 0 Å². The van der Waals surface area contributed by atoms with Crippen LogP contribution in [0.3, 0.4) is 0 Å². The van der Waals surface area contributed by atoms with E-state index in [2.05, 4.69) is 6.92 Å². The molecule has 1 atom stereocenters. The van der Waals surface area contributed by atoms with E-state index in [9.17, 15) is 0 Å². The summed E-state index contributed by atoms with van der Waals surface area (Å²) >= 11 is 0. The first-order valence-electron chi connectivity index (χ1n) is 2.03. The van der Waals surface area contributed by atoms with Crippen molar-refractivity contribution in [2.24, 2.45) is 0 Å². The van der Waals surface area contributed by atoms with Crippen LogP contribution in [-0.4, -0.2) is 26.7 Å². The van der Waals surface area contributed by atoms with E-state index in [1.165, 1.54) is 0 Å². The minimum atomic E-state index is 0. The third kappa shape index (κ3) is 8.82. The van der Waals surface area contributed by atoms with E-state index in [1.807, 2.05) is 6.92 Å². The molecule has 0 heterocycles. The summed E-state index contributed by atoms with van der Waals surface area (Å²) in [5.41, 5.74) is 0. The summed E-state index contributed by atoms with van der Waals surface area (Å²) in [6.45, 7) is 4.07. The molecule has 0 aromatic heterocycles. The van der Waals surface area contributed by atoms with Crippen molar-refractivity contribution < 1.29 is 0 Å². The molecule has 0 amide bonds. The molecule has 29 valence electrons. The molecule has 0 saturated heterocycles. The van der Waals surface area contributed by atoms with Crippen LogP contribution in [0.5, 0.6) is 0 Å². The van der Waals surface area contributed by atoms with Gasteiger partial charge in [0.05, 0.1) is 7.85 Å². The van der Waals surface area contributed by atoms with Gasteiger partial charge in [-0.05, 0) is 0 Å². The quantitative estimate of drug-likeness (QED) is 0.407. The van der Waals surface area contributed by atoms with Gasteiger partial charge in [0.25, 0.3) is 0 Å². The van der Waals surface area contributed by atoms with Crippen molar-refractivity contribution in [3.05, 3.63) is 0 Å². The van der Waals surface area contributed by atoms with Crippen LogP contribution in [0.1, 0.15) is 20.3 Å². The molecule has 0 aromatic carbocycles. The summed E-state index contributed by atoms with van der Waals surface area (Å²) in [4.78, 5) is 0. The molecule has 0 nitrogen and oxygen atoms in total. The molecule has 0 saturated carbocycles. The molecule has 1 unspecified atom stereocenters. The Kier molecular flexibility index (Phi) is 9.27. The Morgan fingerprint density at radius 1 is 1.67 bits per heavy atom. The molecule has 0 spiro atoms. The predicted molar refractivity (Wildman–Crippen MR) is 31.2 cm³/mol. The van der Waals surface area contributed by atoms with Gasteiger partial charge in [0, 0.05) is 18.9 Å². The van der Waals surface area contributed by atoms with E-state index in [1.54, 1.807) is 0 Å². The maximum absolute atomic E-state index is 5.29. The molecule has 0 N–H and O–H groups in total. The third-order valence-electron chi connectivity index (χ3n) is 0.644. The monoisotopic (exact) mass is 75.1 g/mol. The van der Waals surface area contributed by atoms with E-state index >= 15 is 0 Å². The molecule has 0 bridgehead atoms. The summed E-state index contributed by atoms with van der Waals surface area (Å²) in [5.74, 6) is 0.384. The Bertz CT molecular complexity index is 21.5. The minimum Gasteiger partial charge on any atom is -0.0804 e. The van der Waals surface area contributed by atoms with Gasteiger partial charge in [-0.1, -0.05) is 26.1 Å². The SMILES string of the molecule is [B]C(C)CC.[Li]. The van der Waals surface area contributed by atoms with Crippen LogP contribution >= 0.6 is 0 Å². The number of rotatable bonds is 1. The number of hydrogen-bond acceptors (Lipinski definition) is 0. The zero-order valence-electron chi connectivity index (χ0n) is 4.86. The van der Waals surface area contributed by atoms with Gasteiger partial charge in [-0.15, -0.1) is 0 Å². The first-order valence-corrected chi connectivity index (χ1v) is 2.03. The fourth-order valence-electron chi connectivity index (χ4n) is 0. The van der Waals surface area contributed by atoms with Crippen molar-refractivity contribution >= 4 is 26.7 Å². The smallest absolute Gasteiger partial charge is 0.0695 e. The molecule has 0 aromatic rings. The maximum atomic E-state index is 5.29. The van der Waals surface area contributed by atoms with Crippen LogP contribution in [-0.2, 0) is 0 Å². The van der Waals surface area contributed by atoms with Crippen LogP contribution < -0.4 is 0 Å². The normalized spacial score (nSPS) is 12.3. The predicted octanol–water partition coefficient (Wildman–Crippen LogP) is 0.992. The van der Waals surface area contributed by atoms with E-state index in [-0.39, 0.29) is 18.9 Å². The van der Waals surface area contributed by atoms with Crippen molar-refractivity contribution in [3.8, 4) is 0 Å². The fraction of sp³-hybridized carbons (Fsp3) is 1.00. The van der Waals surface area contributed by atoms with Crippen molar-refractivity contribution in [2.45, 2.75) is 26.1 Å². The van der Waals surface area contributed by atoms with Gasteiger partial charge in [0.1, 0.15) is 0 Å². The second-order valence-corrected chi connectivity index (χ2v) is 1.39. The zero-order chi connectivity index (χ0) is 4.28. The fourth-order valence-corrected chi connectivity index (χ4v) is 0. The van der Waals surface area contributed by atoms with Crippen molar-refractivity contribution in [1.82, 2.24) is 0 Å². The Hall–Kier alpha value is 0.662. The Morgan fingerprint density at radius 3 is 1.83 bits per heavy atom. The van der Waals surface area contributed by atoms with Gasteiger partial charge in [-0.25, -0.2) is 0 Å². The second-order valence-electron chi connectivity index (χ2n) is 1.39. The topological polar surface area (TPSA) is 0 Å². The minimum absolute atomic E-state index is 0. The summed E-state index contributed by atoms with van der Waals surface area (Å²) in [6.07, 6.45) is 1.08. The van der Waals surface area contributed by atoms with Crippen LogP contribution in [0.15, 0.2) is 0 Å². The van der Waals surface area contributed by atoms with Crippen molar-refractivity contribution in [2.75, 3.05) is 0 Å². The maximum Gasteiger partial charge on any atom is 0.0695 e. The van der Waals surface area contributed by atoms with E-state index in [0.717, 1.165) is 6.42 Å². The van der Waals surface area contributed by atoms with Gasteiger partial charge in [0.2, 0.25) is 0 Å². The van der Waals surface area contributed by atoms with Crippen LogP contribution in [0, 0.1) is 0 Å². The summed E-state index contributed by atoms with van der Waals surface area (Å²) in [6, 6.07) is 0. The van der Waals surface area contributed by atoms with Crippen molar-refractivity contribution in [1.29, 1.82) is 0 Å². The summed E-state index contributed by atoms with van der Waals surface area (Å²) < 4.78 is 0. The average Bonchev–Trinajstić information content (AvgIpc) is 1.38. The molecule has 0 aliphatic heterocycles. The molecular weight excluding hydrogens is 65.8 g/mol. The molecule has 0 rings (SSSR count). The first-order chi connectivity index (χ1) is 2.27. The van der Waals surface area contributed by atoms with E-state index in [0.29, 0.717) is 5.82 Å². The van der Waals surface area contributed by atoms with Gasteiger partial charge in [-0.2, -0.15) is 0 Å². The molecule has 6 heavy (non-hydrogen) atoms. The Morgan fingerprint density at radius 2 is 1.83 bits per heavy atom. The second kappa shape index (κ2) is 5.66. The van der Waals surface area contributed by atoms with Gasteiger partial charge in [0.15, 0.2) is 0 Å². The van der Waals surface area contributed by atoms with Crippen LogP contribution in [0.25, 0.3) is 0 Å². The van der Waals surface area contributed by atoms with Crippen LogP contribution in [0.4, 0.5) is 0 Å². The average molecular weight is 74.9 g/mol. The third-order valence-corrected chi connectivity index (χ3v) is 0.644. The molecule has 0 aliphatic rings. The van der Waals surface area contributed by atoms with Crippen LogP contribution in [0.2, 0.25) is 5.82 Å². The Balaban J connectivity index is 0. The largest absolute Gasteiger partial charge is 0.0804 e. The molecular formula is C4H9BLi. The summed E-state index contributed by atoms with van der Waals surface area (Å²) in [7, 11) is 5.29. The zero-order valence-corrected chi connectivity index (χ0v) is 4.86. The standard InChI is InChI=1S/C4H9B.Li/c1-3-4(2)5;/h4H,3H2,1-2H3;. The molecule has 0 aliphatic carbocycles. The molecule has 0 fully saturated rings. The van der Waals surface area contributed by atoms with E-state index < -0.39 is 0 Å². The first kappa shape index (κ1) is 9.83. The van der Waals surface area contributed by atoms with Gasteiger partial charge >= 0.3 is 0 Å². The number of hydrogen-bond donors (Lipinski definition) is 0. The summed E-state index contributed by atoms with van der Waals surface area (Å²) in [5, 5.41) is 0. The van der Waals surface area contributed by atoms with Crippen molar-refractivity contribution in [3.63, 3.8) is 0 Å². The van der Waals surface area contributed by atoms with E-state index in [4.69, 9.17) is 7.85 Å². The van der Waals surface area contributed by atoms with Gasteiger partial charge < -0.3 is 0 Å². The molecule has 2 heteroatoms.